The van der Waals surface area contributed by atoms with Crippen molar-refractivity contribution in [3.05, 3.63) is 17.8 Å². The normalized spacial score (nSPS) is 16.0. The number of nitrogens with two attached hydrogens (primary N) is 1. The van der Waals surface area contributed by atoms with Crippen molar-refractivity contribution in [3.63, 3.8) is 0 Å². The average molecular weight is 254 g/mol. The predicted molar refractivity (Wildman–Crippen MR) is 72.6 cm³/mol. The quantitative estimate of drug-likeness (QED) is 0.545. The summed E-state index contributed by atoms with van der Waals surface area (Å²) in [5.74, 6) is 1.43. The third-order valence-corrected chi connectivity index (χ3v) is 3.01. The van der Waals surface area contributed by atoms with E-state index < -0.39 is 0 Å². The van der Waals surface area contributed by atoms with Gasteiger partial charge in [0.2, 0.25) is 0 Å². The third-order valence-electron chi connectivity index (χ3n) is 2.68. The molecule has 0 spiro atoms. The van der Waals surface area contributed by atoms with Crippen molar-refractivity contribution in [2.45, 2.75) is 5.75 Å². The molecule has 2 heterocycles. The maximum atomic E-state index is 5.48. The van der Waals surface area contributed by atoms with Gasteiger partial charge in [0.05, 0.1) is 25.6 Å². The average Bonchev–Trinajstić information content (AvgIpc) is 2.40. The van der Waals surface area contributed by atoms with Crippen LogP contribution >= 0.6 is 12.6 Å². The van der Waals surface area contributed by atoms with Gasteiger partial charge in [-0.05, 0) is 6.07 Å². The van der Waals surface area contributed by atoms with Crippen molar-refractivity contribution < 1.29 is 4.74 Å². The molecule has 1 fully saturated rings. The van der Waals surface area contributed by atoms with E-state index in [9.17, 15) is 0 Å². The van der Waals surface area contributed by atoms with E-state index in [-0.39, 0.29) is 0 Å². The molecule has 0 amide bonds. The van der Waals surface area contributed by atoms with Crippen LogP contribution in [0.25, 0.3) is 0 Å². The molecule has 94 valence electrons. The fourth-order valence-corrected chi connectivity index (χ4v) is 2.01. The number of pyridine rings is 1. The minimum atomic E-state index is 0.381. The lowest BCUT2D eigenvalue weighted by molar-refractivity contribution is 0.122. The molecule has 2 rings (SSSR count). The summed E-state index contributed by atoms with van der Waals surface area (Å²) in [7, 11) is 0. The van der Waals surface area contributed by atoms with E-state index in [2.05, 4.69) is 33.9 Å². The number of morpholine rings is 1. The first-order valence-electron chi connectivity index (χ1n) is 5.72. The zero-order valence-corrected chi connectivity index (χ0v) is 10.6. The number of rotatable bonds is 4. The molecule has 0 aromatic carbocycles. The molecule has 1 aliphatic heterocycles. The monoisotopic (exact) mass is 254 g/mol. The molecule has 6 heteroatoms. The molecule has 1 aromatic heterocycles. The number of aromatic nitrogens is 1. The Labute approximate surface area is 107 Å². The molecule has 0 bridgehead atoms. The summed E-state index contributed by atoms with van der Waals surface area (Å²) in [4.78, 5) is 6.70. The van der Waals surface area contributed by atoms with Crippen molar-refractivity contribution in [3.8, 4) is 0 Å². The Kier molecular flexibility index (Phi) is 4.47. The van der Waals surface area contributed by atoms with Gasteiger partial charge in [-0.25, -0.2) is 4.98 Å². The third kappa shape index (κ3) is 3.24. The van der Waals surface area contributed by atoms with Crippen LogP contribution in [0.4, 0.5) is 11.5 Å². The molecular formula is C11H18N4OS. The molecule has 5 nitrogen and oxygen atoms in total. The van der Waals surface area contributed by atoms with Crippen LogP contribution in [-0.4, -0.2) is 38.0 Å². The van der Waals surface area contributed by atoms with Gasteiger partial charge in [-0.2, -0.15) is 12.6 Å². The molecule has 0 atom stereocenters. The van der Waals surface area contributed by atoms with Gasteiger partial charge < -0.3 is 20.7 Å². The topological polar surface area (TPSA) is 63.4 Å². The molecule has 0 saturated carbocycles. The lowest BCUT2D eigenvalue weighted by Gasteiger charge is -2.29. The SMILES string of the molecule is NCNc1cc(N2CCOCC2)cc(CS)n1. The van der Waals surface area contributed by atoms with E-state index in [4.69, 9.17) is 10.5 Å². The molecule has 0 radical (unpaired) electrons. The number of hydrogen-bond donors (Lipinski definition) is 3. The lowest BCUT2D eigenvalue weighted by atomic mass is 10.2. The number of nitrogens with zero attached hydrogens (tertiary/aromatic N) is 2. The summed E-state index contributed by atoms with van der Waals surface area (Å²) in [5, 5.41) is 3.04. The Morgan fingerprint density at radius 2 is 2.18 bits per heavy atom. The molecule has 3 N–H and O–H groups in total. The lowest BCUT2D eigenvalue weighted by Crippen LogP contribution is -2.36. The second-order valence-electron chi connectivity index (χ2n) is 3.84. The van der Waals surface area contributed by atoms with Gasteiger partial charge in [-0.15, -0.1) is 0 Å². The number of hydrogen-bond acceptors (Lipinski definition) is 6. The fraction of sp³-hybridized carbons (Fsp3) is 0.545. The van der Waals surface area contributed by atoms with E-state index >= 15 is 0 Å². The van der Waals surface area contributed by atoms with E-state index in [0.717, 1.165) is 43.5 Å². The van der Waals surface area contributed by atoms with Crippen LogP contribution in [0, 0.1) is 0 Å². The van der Waals surface area contributed by atoms with Crippen LogP contribution in [-0.2, 0) is 10.5 Å². The van der Waals surface area contributed by atoms with Gasteiger partial charge in [-0.3, -0.25) is 0 Å². The van der Waals surface area contributed by atoms with Crippen molar-refractivity contribution in [2.24, 2.45) is 5.73 Å². The van der Waals surface area contributed by atoms with E-state index in [0.29, 0.717) is 12.4 Å². The van der Waals surface area contributed by atoms with Crippen molar-refractivity contribution in [1.29, 1.82) is 0 Å². The van der Waals surface area contributed by atoms with Gasteiger partial charge in [-0.1, -0.05) is 0 Å². The van der Waals surface area contributed by atoms with E-state index in [1.165, 1.54) is 0 Å². The first kappa shape index (κ1) is 12.5. The molecule has 0 aliphatic carbocycles. The second kappa shape index (κ2) is 6.09. The summed E-state index contributed by atoms with van der Waals surface area (Å²) in [6.07, 6.45) is 0. The standard InChI is InChI=1S/C11H18N4OS/c12-8-13-11-6-10(5-9(7-17)14-11)15-1-3-16-4-2-15/h5-6,17H,1-4,7-8,12H2,(H,13,14). The molecule has 0 unspecified atom stereocenters. The number of anilines is 2. The summed E-state index contributed by atoms with van der Waals surface area (Å²) >= 11 is 4.27. The van der Waals surface area contributed by atoms with Gasteiger partial charge in [0.25, 0.3) is 0 Å². The largest absolute Gasteiger partial charge is 0.378 e. The minimum absolute atomic E-state index is 0.381. The molecule has 1 saturated heterocycles. The van der Waals surface area contributed by atoms with E-state index in [1.807, 2.05) is 6.07 Å². The predicted octanol–water partition coefficient (Wildman–Crippen LogP) is 0.676. The first-order valence-corrected chi connectivity index (χ1v) is 6.35. The molecule has 1 aliphatic rings. The molecule has 1 aromatic rings. The minimum Gasteiger partial charge on any atom is -0.378 e. The zero-order valence-electron chi connectivity index (χ0n) is 9.72. The van der Waals surface area contributed by atoms with Crippen LogP contribution in [0.3, 0.4) is 0 Å². The summed E-state index contributed by atoms with van der Waals surface area (Å²) < 4.78 is 5.35. The first-order chi connectivity index (χ1) is 8.33. The van der Waals surface area contributed by atoms with Crippen molar-refractivity contribution in [2.75, 3.05) is 43.2 Å². The number of ether oxygens (including phenoxy) is 1. The molecular weight excluding hydrogens is 236 g/mol. The maximum absolute atomic E-state index is 5.48. The van der Waals surface area contributed by atoms with E-state index in [1.54, 1.807) is 0 Å². The Morgan fingerprint density at radius 1 is 1.41 bits per heavy atom. The van der Waals surface area contributed by atoms with Gasteiger partial charge in [0.15, 0.2) is 0 Å². The van der Waals surface area contributed by atoms with Gasteiger partial charge in [0.1, 0.15) is 5.82 Å². The summed E-state index contributed by atoms with van der Waals surface area (Å²) in [5.41, 5.74) is 7.58. The van der Waals surface area contributed by atoms with Crippen LogP contribution in [0.5, 0.6) is 0 Å². The Bertz CT molecular complexity index is 368. The Morgan fingerprint density at radius 3 is 2.82 bits per heavy atom. The number of thiol groups is 1. The van der Waals surface area contributed by atoms with Crippen LogP contribution in [0.1, 0.15) is 5.69 Å². The van der Waals surface area contributed by atoms with Crippen molar-refractivity contribution in [1.82, 2.24) is 4.98 Å². The second-order valence-corrected chi connectivity index (χ2v) is 4.16. The van der Waals surface area contributed by atoms with Gasteiger partial charge in [0, 0.05) is 30.6 Å². The highest BCUT2D eigenvalue weighted by atomic mass is 32.1. The van der Waals surface area contributed by atoms with Crippen LogP contribution in [0.15, 0.2) is 12.1 Å². The Balaban J connectivity index is 2.21. The maximum Gasteiger partial charge on any atom is 0.129 e. The van der Waals surface area contributed by atoms with Crippen molar-refractivity contribution >= 4 is 24.1 Å². The highest BCUT2D eigenvalue weighted by Crippen LogP contribution is 2.21. The number of nitrogens with one attached hydrogen (secondary N) is 1. The zero-order chi connectivity index (χ0) is 12.1. The summed E-state index contributed by atoms with van der Waals surface area (Å²) in [6, 6.07) is 4.09. The fourth-order valence-electron chi connectivity index (χ4n) is 1.85. The highest BCUT2D eigenvalue weighted by Gasteiger charge is 2.13. The smallest absolute Gasteiger partial charge is 0.129 e. The highest BCUT2D eigenvalue weighted by molar-refractivity contribution is 7.79. The summed E-state index contributed by atoms with van der Waals surface area (Å²) in [6.45, 7) is 3.76. The van der Waals surface area contributed by atoms with Crippen LogP contribution < -0.4 is 16.0 Å². The van der Waals surface area contributed by atoms with Gasteiger partial charge >= 0.3 is 0 Å². The van der Waals surface area contributed by atoms with Crippen LogP contribution in [0.2, 0.25) is 0 Å². The Hall–Kier alpha value is -0.980. The molecule has 17 heavy (non-hydrogen) atoms.